The lowest BCUT2D eigenvalue weighted by Gasteiger charge is -2.42. The molecule has 0 radical (unpaired) electrons. The normalized spacial score (nSPS) is 12.1. The van der Waals surface area contributed by atoms with E-state index in [4.69, 9.17) is 14.9 Å². The van der Waals surface area contributed by atoms with Gasteiger partial charge in [-0.1, -0.05) is 71.9 Å². The zero-order valence-corrected chi connectivity index (χ0v) is 21.3. The molecular weight excluding hydrogens is 442 g/mol. The Morgan fingerprint density at radius 3 is 2.00 bits per heavy atom. The van der Waals surface area contributed by atoms with Crippen molar-refractivity contribution in [3.8, 4) is 11.5 Å². The average Bonchev–Trinajstić information content (AvgIpc) is 2.65. The minimum atomic E-state index is -2.11. The summed E-state index contributed by atoms with van der Waals surface area (Å²) in [6.07, 6.45) is 0.813. The van der Waals surface area contributed by atoms with Gasteiger partial charge in [0.25, 0.3) is 8.32 Å². The van der Waals surface area contributed by atoms with Crippen LogP contribution in [0, 0.1) is 0 Å². The summed E-state index contributed by atoms with van der Waals surface area (Å²) in [4.78, 5) is 0. The highest BCUT2D eigenvalue weighted by molar-refractivity contribution is 9.10. The smallest absolute Gasteiger partial charge is 0.258 e. The Bertz CT molecular complexity index is 756. The van der Waals surface area contributed by atoms with E-state index in [1.165, 1.54) is 5.56 Å². The first-order chi connectivity index (χ1) is 13.7. The molecule has 29 heavy (non-hydrogen) atoms. The topological polar surface area (TPSA) is 44.5 Å². The summed E-state index contributed by atoms with van der Waals surface area (Å²) < 4.78 is 14.2. The Morgan fingerprint density at radius 2 is 1.48 bits per heavy atom. The second-order valence-electron chi connectivity index (χ2n) is 8.64. The summed E-state index contributed by atoms with van der Waals surface area (Å²) in [7, 11) is -2.11. The fraction of sp³-hybridized carbons (Fsp3) is 0.500. The molecule has 5 heteroatoms. The van der Waals surface area contributed by atoms with Crippen LogP contribution in [0.3, 0.4) is 0 Å². The van der Waals surface area contributed by atoms with Crippen molar-refractivity contribution < 1.29 is 9.16 Å². The Hall–Kier alpha value is -1.30. The molecule has 2 N–H and O–H groups in total. The summed E-state index contributed by atoms with van der Waals surface area (Å²) >= 11 is 3.73. The highest BCUT2D eigenvalue weighted by atomic mass is 79.9. The average molecular weight is 479 g/mol. The van der Waals surface area contributed by atoms with Crippen LogP contribution in [0.25, 0.3) is 0 Å². The Balaban J connectivity index is 2.48. The molecule has 0 aliphatic carbocycles. The maximum atomic E-state index is 7.02. The van der Waals surface area contributed by atoms with Crippen LogP contribution in [0.15, 0.2) is 46.9 Å². The highest BCUT2D eigenvalue weighted by Crippen LogP contribution is 2.46. The Labute approximate surface area is 186 Å². The van der Waals surface area contributed by atoms with E-state index < -0.39 is 8.32 Å². The molecule has 0 bridgehead atoms. The van der Waals surface area contributed by atoms with Gasteiger partial charge in [0.2, 0.25) is 0 Å². The molecule has 0 atom stereocenters. The van der Waals surface area contributed by atoms with Gasteiger partial charge in [-0.2, -0.15) is 0 Å². The van der Waals surface area contributed by atoms with E-state index in [1.807, 2.05) is 18.2 Å². The number of halogens is 1. The SMILES string of the molecule is CC(C)[Si](Oc1cc(CCN)cc(Br)c1OCc1ccccc1)(C(C)C)C(C)C. The van der Waals surface area contributed by atoms with E-state index >= 15 is 0 Å². The van der Waals surface area contributed by atoms with E-state index in [-0.39, 0.29) is 0 Å². The summed E-state index contributed by atoms with van der Waals surface area (Å²) in [6.45, 7) is 14.9. The fourth-order valence-corrected chi connectivity index (χ4v) is 10.3. The first kappa shape index (κ1) is 24.0. The molecule has 160 valence electrons. The zero-order valence-electron chi connectivity index (χ0n) is 18.7. The fourth-order valence-electron chi connectivity index (χ4n) is 4.42. The van der Waals surface area contributed by atoms with Crippen LogP contribution in [0.2, 0.25) is 16.6 Å². The molecule has 0 aliphatic heterocycles. The summed E-state index contributed by atoms with van der Waals surface area (Å²) in [5, 5.41) is 0. The summed E-state index contributed by atoms with van der Waals surface area (Å²) in [5.41, 5.74) is 9.59. The second kappa shape index (κ2) is 10.6. The predicted molar refractivity (Wildman–Crippen MR) is 129 cm³/mol. The minimum absolute atomic E-state index is 0.487. The maximum absolute atomic E-state index is 7.02. The molecule has 0 saturated heterocycles. The van der Waals surface area contributed by atoms with E-state index in [9.17, 15) is 0 Å². The minimum Gasteiger partial charge on any atom is -0.540 e. The van der Waals surface area contributed by atoms with E-state index in [0.29, 0.717) is 29.8 Å². The van der Waals surface area contributed by atoms with Crippen molar-refractivity contribution in [2.24, 2.45) is 5.73 Å². The maximum Gasteiger partial charge on any atom is 0.258 e. The monoisotopic (exact) mass is 477 g/mol. The van der Waals surface area contributed by atoms with Crippen LogP contribution in [0.4, 0.5) is 0 Å². The van der Waals surface area contributed by atoms with Crippen LogP contribution in [-0.2, 0) is 13.0 Å². The van der Waals surface area contributed by atoms with Gasteiger partial charge in [-0.3, -0.25) is 0 Å². The lowest BCUT2D eigenvalue weighted by molar-refractivity contribution is 0.291. The molecule has 2 aromatic rings. The molecule has 2 aromatic carbocycles. The molecule has 0 saturated carbocycles. The second-order valence-corrected chi connectivity index (χ2v) is 14.9. The lowest BCUT2D eigenvalue weighted by atomic mass is 10.1. The van der Waals surface area contributed by atoms with Gasteiger partial charge in [-0.25, -0.2) is 0 Å². The number of hydrogen-bond donors (Lipinski definition) is 1. The third-order valence-electron chi connectivity index (χ3n) is 5.72. The van der Waals surface area contributed by atoms with E-state index in [2.05, 4.69) is 81.7 Å². The molecular formula is C24H36BrNO2Si. The number of ether oxygens (including phenoxy) is 1. The van der Waals surface area contributed by atoms with Crippen molar-refractivity contribution in [1.29, 1.82) is 0 Å². The third kappa shape index (κ3) is 5.65. The van der Waals surface area contributed by atoms with Gasteiger partial charge in [0.15, 0.2) is 5.75 Å². The molecule has 0 unspecified atom stereocenters. The van der Waals surface area contributed by atoms with Crippen molar-refractivity contribution in [2.45, 2.75) is 71.2 Å². The van der Waals surface area contributed by atoms with Crippen LogP contribution in [-0.4, -0.2) is 14.9 Å². The number of hydrogen-bond acceptors (Lipinski definition) is 3. The van der Waals surface area contributed by atoms with Crippen molar-refractivity contribution in [2.75, 3.05) is 6.54 Å². The largest absolute Gasteiger partial charge is 0.540 e. The molecule has 2 rings (SSSR count). The van der Waals surface area contributed by atoms with Gasteiger partial charge in [0, 0.05) is 0 Å². The molecule has 0 aliphatic rings. The highest BCUT2D eigenvalue weighted by Gasteiger charge is 2.47. The van der Waals surface area contributed by atoms with Gasteiger partial charge in [0.1, 0.15) is 12.4 Å². The molecule has 3 nitrogen and oxygen atoms in total. The first-order valence-electron chi connectivity index (χ1n) is 10.6. The molecule has 0 fully saturated rings. The number of benzene rings is 2. The molecule has 0 heterocycles. The summed E-state index contributed by atoms with van der Waals surface area (Å²) in [6, 6.07) is 14.5. The molecule has 0 amide bonds. The van der Waals surface area contributed by atoms with E-state index in [0.717, 1.165) is 28.0 Å². The van der Waals surface area contributed by atoms with Gasteiger partial charge in [-0.05, 0) is 68.8 Å². The van der Waals surface area contributed by atoms with Crippen LogP contribution >= 0.6 is 15.9 Å². The first-order valence-corrected chi connectivity index (χ1v) is 13.5. The Kier molecular flexibility index (Phi) is 8.80. The molecule has 0 aromatic heterocycles. The predicted octanol–water partition coefficient (Wildman–Crippen LogP) is 7.08. The van der Waals surface area contributed by atoms with Gasteiger partial charge in [0.05, 0.1) is 4.47 Å². The number of nitrogens with two attached hydrogens (primary N) is 1. The van der Waals surface area contributed by atoms with Crippen molar-refractivity contribution >= 4 is 24.2 Å². The van der Waals surface area contributed by atoms with Crippen molar-refractivity contribution in [3.05, 3.63) is 58.1 Å². The van der Waals surface area contributed by atoms with Gasteiger partial charge < -0.3 is 14.9 Å². The summed E-state index contributed by atoms with van der Waals surface area (Å²) in [5.74, 6) is 1.63. The van der Waals surface area contributed by atoms with Crippen LogP contribution in [0.5, 0.6) is 11.5 Å². The molecule has 0 spiro atoms. The van der Waals surface area contributed by atoms with Crippen molar-refractivity contribution in [3.63, 3.8) is 0 Å². The van der Waals surface area contributed by atoms with Crippen molar-refractivity contribution in [1.82, 2.24) is 0 Å². The van der Waals surface area contributed by atoms with Gasteiger partial charge in [-0.15, -0.1) is 0 Å². The van der Waals surface area contributed by atoms with Crippen LogP contribution < -0.4 is 14.9 Å². The van der Waals surface area contributed by atoms with Gasteiger partial charge >= 0.3 is 0 Å². The zero-order chi connectivity index (χ0) is 21.6. The van der Waals surface area contributed by atoms with E-state index in [1.54, 1.807) is 0 Å². The quantitative estimate of drug-likeness (QED) is 0.371. The number of rotatable bonds is 10. The lowest BCUT2D eigenvalue weighted by Crippen LogP contribution is -2.50. The Morgan fingerprint density at radius 1 is 0.897 bits per heavy atom. The standard InChI is InChI=1S/C24H36BrNO2Si/c1-17(2)29(18(3)4,19(5)6)28-23-15-21(12-13-26)14-22(25)24(23)27-16-20-10-8-7-9-11-20/h7-11,14-15,17-19H,12-13,16,26H2,1-6H3. The van der Waals surface area contributed by atoms with Crippen LogP contribution in [0.1, 0.15) is 52.7 Å². The third-order valence-corrected chi connectivity index (χ3v) is 12.3.